The molecule has 1 N–H and O–H groups in total. The molecule has 1 saturated heterocycles. The van der Waals surface area contributed by atoms with Gasteiger partial charge < -0.3 is 15.1 Å². The Morgan fingerprint density at radius 2 is 2.00 bits per heavy atom. The number of likely N-dealkylation sites (tertiary alicyclic amines) is 1. The number of piperidine rings is 1. The minimum atomic E-state index is -0.186. The maximum atomic E-state index is 12.7. The summed E-state index contributed by atoms with van der Waals surface area (Å²) < 4.78 is 1.72. The zero-order valence-electron chi connectivity index (χ0n) is 16.3. The van der Waals surface area contributed by atoms with E-state index in [0.29, 0.717) is 26.1 Å². The van der Waals surface area contributed by atoms with Crippen molar-refractivity contribution in [1.29, 1.82) is 0 Å². The second-order valence-electron chi connectivity index (χ2n) is 7.84. The van der Waals surface area contributed by atoms with E-state index < -0.39 is 0 Å². The van der Waals surface area contributed by atoms with Crippen LogP contribution in [0, 0.1) is 0 Å². The molecule has 2 aliphatic heterocycles. The largest absolute Gasteiger partial charge is 0.376 e. The van der Waals surface area contributed by atoms with Crippen LogP contribution in [0.2, 0.25) is 0 Å². The fourth-order valence-corrected chi connectivity index (χ4v) is 4.20. The molecule has 1 aromatic carbocycles. The molecule has 2 amide bonds. The number of nitrogens with zero attached hydrogens (tertiary/aromatic N) is 5. The summed E-state index contributed by atoms with van der Waals surface area (Å²) in [5, 5.41) is 7.78. The summed E-state index contributed by atoms with van der Waals surface area (Å²) in [4.78, 5) is 32.7. The van der Waals surface area contributed by atoms with Gasteiger partial charge in [-0.3, -0.25) is 9.59 Å². The Balaban J connectivity index is 1.42. The Labute approximate surface area is 164 Å². The molecule has 2 aromatic rings. The predicted molar refractivity (Wildman–Crippen MR) is 106 cm³/mol. The molecule has 0 aliphatic carbocycles. The molecule has 0 radical (unpaired) electrons. The topological polar surface area (TPSA) is 83.4 Å². The molecule has 8 heteroatoms. The van der Waals surface area contributed by atoms with Crippen molar-refractivity contribution in [3.05, 3.63) is 36.9 Å². The second-order valence-corrected chi connectivity index (χ2v) is 7.84. The molecular weight excluding hydrogens is 356 g/mol. The van der Waals surface area contributed by atoms with E-state index in [1.54, 1.807) is 17.9 Å². The van der Waals surface area contributed by atoms with Crippen LogP contribution in [-0.4, -0.2) is 56.7 Å². The van der Waals surface area contributed by atoms with Crippen LogP contribution in [0.3, 0.4) is 0 Å². The van der Waals surface area contributed by atoms with Crippen molar-refractivity contribution in [1.82, 2.24) is 19.7 Å². The number of benzene rings is 1. The fourth-order valence-electron chi connectivity index (χ4n) is 4.20. The van der Waals surface area contributed by atoms with Crippen molar-refractivity contribution in [3.8, 4) is 0 Å². The molecule has 1 aromatic heterocycles. The second kappa shape index (κ2) is 7.26. The first-order chi connectivity index (χ1) is 13.5. The van der Waals surface area contributed by atoms with Crippen LogP contribution in [0.25, 0.3) is 0 Å². The smallest absolute Gasteiger partial charge is 0.224 e. The molecule has 1 atom stereocenters. The summed E-state index contributed by atoms with van der Waals surface area (Å²) in [5.41, 5.74) is 1.73. The van der Waals surface area contributed by atoms with E-state index >= 15 is 0 Å². The van der Waals surface area contributed by atoms with Gasteiger partial charge in [-0.1, -0.05) is 12.1 Å². The number of amides is 2. The standard InChI is InChI=1S/C20H26N6O2/c1-15(26-14-21-13-22-26)11-19(28)24-9-7-20(8-10-24)12-25(16(2)27)18-6-4-3-5-17(18)23-20/h3-6,13-15,23H,7-12H2,1-2H3/t15-/m1/s1. The van der Waals surface area contributed by atoms with E-state index in [2.05, 4.69) is 15.4 Å². The van der Waals surface area contributed by atoms with Crippen LogP contribution in [0.15, 0.2) is 36.9 Å². The van der Waals surface area contributed by atoms with Gasteiger partial charge in [0.05, 0.1) is 23.0 Å². The zero-order chi connectivity index (χ0) is 19.7. The third kappa shape index (κ3) is 3.46. The number of anilines is 2. The Morgan fingerprint density at radius 1 is 1.25 bits per heavy atom. The lowest BCUT2D eigenvalue weighted by Gasteiger charge is -2.49. The lowest BCUT2D eigenvalue weighted by molar-refractivity contribution is -0.133. The number of para-hydroxylation sites is 2. The molecule has 8 nitrogen and oxygen atoms in total. The Morgan fingerprint density at radius 3 is 2.68 bits per heavy atom. The number of aromatic nitrogens is 3. The lowest BCUT2D eigenvalue weighted by atomic mass is 9.84. The first-order valence-electron chi connectivity index (χ1n) is 9.75. The monoisotopic (exact) mass is 382 g/mol. The molecule has 0 saturated carbocycles. The Hall–Kier alpha value is -2.90. The lowest BCUT2D eigenvalue weighted by Crippen LogP contribution is -2.59. The summed E-state index contributed by atoms with van der Waals surface area (Å²) in [6.07, 6.45) is 5.16. The number of nitrogens with one attached hydrogen (secondary N) is 1. The van der Waals surface area contributed by atoms with Crippen LogP contribution in [0.1, 0.15) is 39.2 Å². The maximum Gasteiger partial charge on any atom is 0.224 e. The Bertz CT molecular complexity index is 857. The quantitative estimate of drug-likeness (QED) is 0.879. The average molecular weight is 382 g/mol. The van der Waals surface area contributed by atoms with Gasteiger partial charge in [0.15, 0.2) is 0 Å². The highest BCUT2D eigenvalue weighted by Crippen LogP contribution is 2.39. The van der Waals surface area contributed by atoms with E-state index in [-0.39, 0.29) is 23.4 Å². The number of hydrogen-bond donors (Lipinski definition) is 1. The SMILES string of the molecule is CC(=O)N1CC2(CCN(C(=O)C[C@@H](C)n3cncn3)CC2)Nc2ccccc21. The normalized spacial score (nSPS) is 19.1. The van der Waals surface area contributed by atoms with Crippen LogP contribution in [0.5, 0.6) is 0 Å². The molecule has 28 heavy (non-hydrogen) atoms. The minimum absolute atomic E-state index is 0.0150. The number of carbonyl (C=O) groups is 2. The van der Waals surface area contributed by atoms with Crippen molar-refractivity contribution in [2.45, 2.75) is 44.7 Å². The van der Waals surface area contributed by atoms with Gasteiger partial charge in [0, 0.05) is 33.0 Å². The highest BCUT2D eigenvalue weighted by atomic mass is 16.2. The van der Waals surface area contributed by atoms with Crippen LogP contribution >= 0.6 is 0 Å². The molecule has 0 unspecified atom stereocenters. The highest BCUT2D eigenvalue weighted by Gasteiger charge is 2.42. The van der Waals surface area contributed by atoms with Gasteiger partial charge in [-0.05, 0) is 31.9 Å². The molecule has 1 fully saturated rings. The highest BCUT2D eigenvalue weighted by molar-refractivity contribution is 5.96. The zero-order valence-corrected chi connectivity index (χ0v) is 16.3. The fraction of sp³-hybridized carbons (Fsp3) is 0.500. The first-order valence-corrected chi connectivity index (χ1v) is 9.75. The van der Waals surface area contributed by atoms with E-state index in [1.807, 2.05) is 41.0 Å². The van der Waals surface area contributed by atoms with Gasteiger partial charge in [0.1, 0.15) is 12.7 Å². The summed E-state index contributed by atoms with van der Waals surface area (Å²) in [7, 11) is 0. The average Bonchev–Trinajstić information content (AvgIpc) is 3.23. The third-order valence-corrected chi connectivity index (χ3v) is 5.87. The first kappa shape index (κ1) is 18.5. The summed E-state index contributed by atoms with van der Waals surface area (Å²) in [6, 6.07) is 7.91. The van der Waals surface area contributed by atoms with Gasteiger partial charge in [-0.25, -0.2) is 9.67 Å². The van der Waals surface area contributed by atoms with E-state index in [9.17, 15) is 9.59 Å². The van der Waals surface area contributed by atoms with E-state index in [1.165, 1.54) is 6.33 Å². The van der Waals surface area contributed by atoms with Gasteiger partial charge in [-0.2, -0.15) is 5.10 Å². The van der Waals surface area contributed by atoms with Crippen molar-refractivity contribution in [2.75, 3.05) is 29.9 Å². The number of hydrogen-bond acceptors (Lipinski definition) is 5. The maximum absolute atomic E-state index is 12.7. The van der Waals surface area contributed by atoms with Crippen LogP contribution in [-0.2, 0) is 9.59 Å². The molecule has 4 rings (SSSR count). The molecular formula is C20H26N6O2. The van der Waals surface area contributed by atoms with E-state index in [0.717, 1.165) is 24.2 Å². The summed E-state index contributed by atoms with van der Waals surface area (Å²) in [5.74, 6) is 0.186. The summed E-state index contributed by atoms with van der Waals surface area (Å²) in [6.45, 7) is 5.59. The molecule has 0 bridgehead atoms. The van der Waals surface area contributed by atoms with Gasteiger partial charge in [0.2, 0.25) is 11.8 Å². The van der Waals surface area contributed by atoms with Crippen LogP contribution < -0.4 is 10.2 Å². The van der Waals surface area contributed by atoms with Gasteiger partial charge in [0.25, 0.3) is 0 Å². The van der Waals surface area contributed by atoms with Crippen molar-refractivity contribution < 1.29 is 9.59 Å². The number of rotatable bonds is 3. The van der Waals surface area contributed by atoms with E-state index in [4.69, 9.17) is 0 Å². The molecule has 148 valence electrons. The molecule has 1 spiro atoms. The Kier molecular flexibility index (Phi) is 4.78. The van der Waals surface area contributed by atoms with Crippen LogP contribution in [0.4, 0.5) is 11.4 Å². The number of carbonyl (C=O) groups excluding carboxylic acids is 2. The van der Waals surface area contributed by atoms with Crippen molar-refractivity contribution in [3.63, 3.8) is 0 Å². The summed E-state index contributed by atoms with van der Waals surface area (Å²) >= 11 is 0. The van der Waals surface area contributed by atoms with Crippen molar-refractivity contribution in [2.24, 2.45) is 0 Å². The molecule has 2 aliphatic rings. The minimum Gasteiger partial charge on any atom is -0.376 e. The number of fused-ring (bicyclic) bond motifs is 1. The molecule has 3 heterocycles. The van der Waals surface area contributed by atoms with Gasteiger partial charge in [-0.15, -0.1) is 0 Å². The van der Waals surface area contributed by atoms with Crippen molar-refractivity contribution >= 4 is 23.2 Å². The van der Waals surface area contributed by atoms with Gasteiger partial charge >= 0.3 is 0 Å². The predicted octanol–water partition coefficient (Wildman–Crippen LogP) is 2.07. The third-order valence-electron chi connectivity index (χ3n) is 5.87.